The maximum Gasteiger partial charge on any atom is 0.124 e. The van der Waals surface area contributed by atoms with Crippen LogP contribution in [0.1, 0.15) is 24.0 Å². The predicted octanol–water partition coefficient (Wildman–Crippen LogP) is 1.07. The Morgan fingerprint density at radius 2 is 2.06 bits per heavy atom. The molecule has 0 unspecified atom stereocenters. The fourth-order valence-electron chi connectivity index (χ4n) is 2.23. The molecule has 0 radical (unpaired) electrons. The number of likely N-dealkylation sites (tertiary alicyclic amines) is 1. The summed E-state index contributed by atoms with van der Waals surface area (Å²) in [6.45, 7) is 2.25. The third-order valence-electron chi connectivity index (χ3n) is 3.23. The van der Waals surface area contributed by atoms with Crippen LogP contribution in [0.25, 0.3) is 0 Å². The van der Waals surface area contributed by atoms with Crippen LogP contribution in [0.15, 0.2) is 18.2 Å². The molecule has 4 N–H and O–H groups in total. The van der Waals surface area contributed by atoms with Crippen LogP contribution in [0.3, 0.4) is 0 Å². The lowest BCUT2D eigenvalue weighted by atomic mass is 10.1. The SMILES string of the molecule is N=C(N)c1cc(F)cc(CN2CCC(O)CC2)c1. The molecule has 1 heterocycles. The smallest absolute Gasteiger partial charge is 0.124 e. The van der Waals surface area contributed by atoms with E-state index in [0.717, 1.165) is 31.5 Å². The Labute approximate surface area is 106 Å². The van der Waals surface area contributed by atoms with Crippen LogP contribution in [0.5, 0.6) is 0 Å². The fraction of sp³-hybridized carbons (Fsp3) is 0.462. The minimum atomic E-state index is -0.366. The van der Waals surface area contributed by atoms with Crippen LogP contribution in [-0.4, -0.2) is 35.0 Å². The van der Waals surface area contributed by atoms with Gasteiger partial charge in [-0.25, -0.2) is 4.39 Å². The summed E-state index contributed by atoms with van der Waals surface area (Å²) in [5, 5.41) is 16.8. The maximum absolute atomic E-state index is 13.4. The minimum absolute atomic E-state index is 0.121. The van der Waals surface area contributed by atoms with Gasteiger partial charge in [0.2, 0.25) is 0 Å². The van der Waals surface area contributed by atoms with Crippen LogP contribution < -0.4 is 5.73 Å². The van der Waals surface area contributed by atoms with Gasteiger partial charge in [-0.2, -0.15) is 0 Å². The topological polar surface area (TPSA) is 73.3 Å². The number of nitrogens with one attached hydrogen (secondary N) is 1. The number of aliphatic hydroxyl groups is 1. The van der Waals surface area contributed by atoms with Crippen molar-refractivity contribution in [1.29, 1.82) is 5.41 Å². The summed E-state index contributed by atoms with van der Waals surface area (Å²) in [7, 11) is 0. The van der Waals surface area contributed by atoms with Gasteiger partial charge in [0, 0.05) is 25.2 Å². The Kier molecular flexibility index (Phi) is 3.93. The molecule has 1 aromatic rings. The molecule has 0 spiro atoms. The molecule has 0 atom stereocenters. The van der Waals surface area contributed by atoms with Crippen molar-refractivity contribution in [3.63, 3.8) is 0 Å². The average molecular weight is 251 g/mol. The lowest BCUT2D eigenvalue weighted by molar-refractivity contribution is 0.0792. The number of hydrogen-bond donors (Lipinski definition) is 3. The molecule has 0 bridgehead atoms. The second kappa shape index (κ2) is 5.46. The molecule has 1 fully saturated rings. The third kappa shape index (κ3) is 3.27. The van der Waals surface area contributed by atoms with E-state index in [1.165, 1.54) is 12.1 Å². The summed E-state index contributed by atoms with van der Waals surface area (Å²) in [4.78, 5) is 2.17. The second-order valence-corrected chi connectivity index (χ2v) is 4.77. The van der Waals surface area contributed by atoms with Crippen molar-refractivity contribution in [3.8, 4) is 0 Å². The molecule has 0 amide bonds. The molecule has 0 saturated carbocycles. The summed E-state index contributed by atoms with van der Waals surface area (Å²) >= 11 is 0. The number of nitrogens with two attached hydrogens (primary N) is 1. The van der Waals surface area contributed by atoms with E-state index in [1.54, 1.807) is 6.07 Å². The first kappa shape index (κ1) is 13.0. The van der Waals surface area contributed by atoms with Crippen LogP contribution in [0.4, 0.5) is 4.39 Å². The van der Waals surface area contributed by atoms with Gasteiger partial charge in [0.05, 0.1) is 6.10 Å². The van der Waals surface area contributed by atoms with Gasteiger partial charge >= 0.3 is 0 Å². The van der Waals surface area contributed by atoms with Crippen LogP contribution in [0, 0.1) is 11.2 Å². The van der Waals surface area contributed by atoms with Crippen molar-refractivity contribution in [2.75, 3.05) is 13.1 Å². The summed E-state index contributed by atoms with van der Waals surface area (Å²) in [5.74, 6) is -0.487. The molecule has 98 valence electrons. The number of nitrogen functional groups attached to an aromatic ring is 1. The highest BCUT2D eigenvalue weighted by Crippen LogP contribution is 2.15. The Balaban J connectivity index is 2.07. The summed E-state index contributed by atoms with van der Waals surface area (Å²) in [6.07, 6.45) is 1.31. The van der Waals surface area contributed by atoms with E-state index in [9.17, 15) is 9.50 Å². The van der Waals surface area contributed by atoms with Crippen LogP contribution in [0.2, 0.25) is 0 Å². The molecule has 1 aromatic carbocycles. The zero-order valence-electron chi connectivity index (χ0n) is 10.2. The lowest BCUT2D eigenvalue weighted by Crippen LogP contribution is -2.35. The Morgan fingerprint density at radius 1 is 1.39 bits per heavy atom. The number of halogens is 1. The summed E-state index contributed by atoms with van der Waals surface area (Å²) < 4.78 is 13.4. The van der Waals surface area contributed by atoms with E-state index >= 15 is 0 Å². The van der Waals surface area contributed by atoms with Crippen molar-refractivity contribution in [2.24, 2.45) is 5.73 Å². The lowest BCUT2D eigenvalue weighted by Gasteiger charge is -2.29. The highest BCUT2D eigenvalue weighted by atomic mass is 19.1. The first-order valence-electron chi connectivity index (χ1n) is 6.09. The van der Waals surface area contributed by atoms with E-state index in [1.807, 2.05) is 0 Å². The van der Waals surface area contributed by atoms with E-state index in [4.69, 9.17) is 11.1 Å². The Bertz CT molecular complexity index is 442. The molecule has 0 aliphatic carbocycles. The largest absolute Gasteiger partial charge is 0.393 e. The standard InChI is InChI=1S/C13H18FN3O/c14-11-6-9(5-10(7-11)13(15)16)8-17-3-1-12(18)2-4-17/h5-7,12,18H,1-4,8H2,(H3,15,16). The van der Waals surface area contributed by atoms with Gasteiger partial charge in [-0.1, -0.05) is 0 Å². The van der Waals surface area contributed by atoms with Gasteiger partial charge in [-0.05, 0) is 36.6 Å². The highest BCUT2D eigenvalue weighted by molar-refractivity contribution is 5.95. The van der Waals surface area contributed by atoms with Crippen molar-refractivity contribution in [3.05, 3.63) is 35.1 Å². The maximum atomic E-state index is 13.4. The van der Waals surface area contributed by atoms with Gasteiger partial charge < -0.3 is 10.8 Å². The summed E-state index contributed by atoms with van der Waals surface area (Å²) in [6, 6.07) is 4.49. The normalized spacial score (nSPS) is 17.9. The Morgan fingerprint density at radius 3 is 2.67 bits per heavy atom. The van der Waals surface area contributed by atoms with Gasteiger partial charge in [0.25, 0.3) is 0 Å². The molecule has 4 nitrogen and oxygen atoms in total. The predicted molar refractivity (Wildman–Crippen MR) is 67.9 cm³/mol. The van der Waals surface area contributed by atoms with Crippen LogP contribution in [-0.2, 0) is 6.54 Å². The van der Waals surface area contributed by atoms with Gasteiger partial charge in [-0.3, -0.25) is 10.3 Å². The number of aliphatic hydroxyl groups excluding tert-OH is 1. The monoisotopic (exact) mass is 251 g/mol. The first-order valence-corrected chi connectivity index (χ1v) is 6.09. The Hall–Kier alpha value is -1.46. The van der Waals surface area contributed by atoms with Crippen molar-refractivity contribution in [1.82, 2.24) is 4.90 Å². The van der Waals surface area contributed by atoms with Crippen LogP contribution >= 0.6 is 0 Å². The molecule has 1 aliphatic rings. The number of rotatable bonds is 3. The fourth-order valence-corrected chi connectivity index (χ4v) is 2.23. The summed E-state index contributed by atoms with van der Waals surface area (Å²) in [5.41, 5.74) is 6.61. The molecule has 5 heteroatoms. The van der Waals surface area contributed by atoms with E-state index in [-0.39, 0.29) is 17.8 Å². The first-order chi connectivity index (χ1) is 8.54. The average Bonchev–Trinajstić information content (AvgIpc) is 2.31. The molecular weight excluding hydrogens is 233 g/mol. The van der Waals surface area contributed by atoms with Gasteiger partial charge in [0.15, 0.2) is 0 Å². The zero-order chi connectivity index (χ0) is 13.1. The number of nitrogens with zero attached hydrogens (tertiary/aromatic N) is 1. The zero-order valence-corrected chi connectivity index (χ0v) is 10.2. The number of benzene rings is 1. The molecule has 1 aliphatic heterocycles. The van der Waals surface area contributed by atoms with E-state index < -0.39 is 0 Å². The molecule has 18 heavy (non-hydrogen) atoms. The van der Waals surface area contributed by atoms with Gasteiger partial charge in [0.1, 0.15) is 11.7 Å². The quantitative estimate of drug-likeness (QED) is 0.555. The highest BCUT2D eigenvalue weighted by Gasteiger charge is 2.17. The van der Waals surface area contributed by atoms with Crippen molar-refractivity contribution < 1.29 is 9.50 Å². The number of hydrogen-bond acceptors (Lipinski definition) is 3. The molecular formula is C13H18FN3O. The molecule has 2 rings (SSSR count). The molecule has 0 aromatic heterocycles. The number of piperidine rings is 1. The number of amidine groups is 1. The van der Waals surface area contributed by atoms with Gasteiger partial charge in [-0.15, -0.1) is 0 Å². The minimum Gasteiger partial charge on any atom is -0.393 e. The second-order valence-electron chi connectivity index (χ2n) is 4.77. The van der Waals surface area contributed by atoms with E-state index in [2.05, 4.69) is 4.90 Å². The van der Waals surface area contributed by atoms with E-state index in [0.29, 0.717) is 12.1 Å². The molecule has 1 saturated heterocycles. The third-order valence-corrected chi connectivity index (χ3v) is 3.23. The van der Waals surface area contributed by atoms with Crippen molar-refractivity contribution in [2.45, 2.75) is 25.5 Å². The van der Waals surface area contributed by atoms with Crippen molar-refractivity contribution >= 4 is 5.84 Å².